The first-order chi connectivity index (χ1) is 8.87. The van der Waals surface area contributed by atoms with Crippen LogP contribution in [0.4, 0.5) is 13.2 Å². The van der Waals surface area contributed by atoms with Gasteiger partial charge in [0.05, 0.1) is 5.56 Å². The van der Waals surface area contributed by atoms with Crippen molar-refractivity contribution in [1.29, 1.82) is 0 Å². The first-order valence-electron chi connectivity index (χ1n) is 6.12. The van der Waals surface area contributed by atoms with Crippen molar-refractivity contribution >= 4 is 0 Å². The highest BCUT2D eigenvalue weighted by Crippen LogP contribution is 2.31. The molecule has 1 aromatic heterocycles. The molecule has 0 bridgehead atoms. The summed E-state index contributed by atoms with van der Waals surface area (Å²) in [6, 6.07) is 0. The molecule has 0 unspecified atom stereocenters. The summed E-state index contributed by atoms with van der Waals surface area (Å²) in [4.78, 5) is 11.9. The van der Waals surface area contributed by atoms with E-state index in [1.54, 1.807) is 0 Å². The summed E-state index contributed by atoms with van der Waals surface area (Å²) in [7, 11) is 2.52. The van der Waals surface area contributed by atoms with E-state index in [1.165, 1.54) is 14.1 Å². The minimum atomic E-state index is -4.57. The number of rotatable bonds is 3. The van der Waals surface area contributed by atoms with Crippen LogP contribution in [-0.2, 0) is 26.8 Å². The van der Waals surface area contributed by atoms with Gasteiger partial charge in [-0.3, -0.25) is 14.2 Å². The lowest BCUT2D eigenvalue weighted by atomic mass is 9.93. The fourth-order valence-corrected chi connectivity index (χ4v) is 1.75. The molecule has 0 amide bonds. The number of hydrogen-bond acceptors (Lipinski definition) is 2. The number of nitrogens with zero attached hydrogens (tertiary/aromatic N) is 2. The van der Waals surface area contributed by atoms with E-state index < -0.39 is 17.4 Å². The van der Waals surface area contributed by atoms with Gasteiger partial charge >= 0.3 is 6.18 Å². The van der Waals surface area contributed by atoms with Crippen LogP contribution < -0.4 is 10.9 Å². The molecule has 1 heterocycles. The van der Waals surface area contributed by atoms with Gasteiger partial charge in [0.2, 0.25) is 0 Å². The molecule has 114 valence electrons. The van der Waals surface area contributed by atoms with Crippen LogP contribution in [0.15, 0.2) is 17.1 Å². The highest BCUT2D eigenvalue weighted by atomic mass is 19.4. The normalized spacial score (nSPS) is 12.6. The summed E-state index contributed by atoms with van der Waals surface area (Å²) in [5.41, 5.74) is -1.60. The molecule has 0 aliphatic heterocycles. The van der Waals surface area contributed by atoms with E-state index in [-0.39, 0.29) is 17.5 Å². The lowest BCUT2D eigenvalue weighted by molar-refractivity contribution is -0.144. The Hall–Kier alpha value is -1.66. The number of hydrogen-bond donors (Lipinski definition) is 1. The molecule has 0 fully saturated rings. The van der Waals surface area contributed by atoms with Crippen molar-refractivity contribution in [2.24, 2.45) is 19.5 Å². The molecule has 1 aromatic rings. The molecule has 0 radical (unpaired) electrons. The Morgan fingerprint density at radius 1 is 1.20 bits per heavy atom. The van der Waals surface area contributed by atoms with E-state index >= 15 is 0 Å². The average Bonchev–Trinajstić information content (AvgIpc) is 2.48. The Morgan fingerprint density at radius 2 is 1.70 bits per heavy atom. The van der Waals surface area contributed by atoms with Gasteiger partial charge in [0.25, 0.3) is 5.56 Å². The maximum atomic E-state index is 13.0. The van der Waals surface area contributed by atoms with E-state index in [4.69, 9.17) is 0 Å². The van der Waals surface area contributed by atoms with Gasteiger partial charge in [-0.25, -0.2) is 0 Å². The van der Waals surface area contributed by atoms with Crippen LogP contribution in [0.5, 0.6) is 0 Å². The fraction of sp³-hybridized carbons (Fsp3) is 0.615. The van der Waals surface area contributed by atoms with Gasteiger partial charge in [0.15, 0.2) is 0 Å². The Morgan fingerprint density at radius 3 is 2.10 bits per heavy atom. The van der Waals surface area contributed by atoms with Gasteiger partial charge in [-0.1, -0.05) is 27.4 Å². The molecule has 4 nitrogen and oxygen atoms in total. The zero-order valence-corrected chi connectivity index (χ0v) is 12.4. The van der Waals surface area contributed by atoms with Crippen LogP contribution in [0.1, 0.15) is 32.0 Å². The molecule has 1 N–H and O–H groups in total. The number of aromatic nitrogens is 2. The van der Waals surface area contributed by atoms with Crippen molar-refractivity contribution in [2.45, 2.75) is 33.5 Å². The lowest BCUT2D eigenvalue weighted by Gasteiger charge is -2.23. The van der Waals surface area contributed by atoms with Crippen molar-refractivity contribution < 1.29 is 13.2 Å². The number of nitrogens with one attached hydrogen (secondary N) is 1. The monoisotopic (exact) mass is 291 g/mol. The summed E-state index contributed by atoms with van der Waals surface area (Å²) in [5.74, 6) is 0. The van der Waals surface area contributed by atoms with Crippen molar-refractivity contribution in [3.05, 3.63) is 33.9 Å². The predicted molar refractivity (Wildman–Crippen MR) is 71.1 cm³/mol. The number of allylic oxidation sites excluding steroid dienone is 1. The molecule has 0 saturated carbocycles. The summed E-state index contributed by atoms with van der Waals surface area (Å²) < 4.78 is 40.9. The summed E-state index contributed by atoms with van der Waals surface area (Å²) in [6.07, 6.45) is -4.57. The topological polar surface area (TPSA) is 39.0 Å². The van der Waals surface area contributed by atoms with Crippen LogP contribution in [0.2, 0.25) is 0 Å². The van der Waals surface area contributed by atoms with E-state index in [0.29, 0.717) is 5.70 Å². The van der Waals surface area contributed by atoms with E-state index in [0.717, 1.165) is 9.36 Å². The first kappa shape index (κ1) is 16.4. The standard InChI is InChI=1S/C13H20F3N3O/c1-8(12(2,3)4)17-7-9-10(13(14,15)16)18(5)19(6)11(9)20/h17H,1,7H2,2-6H3. The van der Waals surface area contributed by atoms with Gasteiger partial charge < -0.3 is 5.32 Å². The molecule has 0 spiro atoms. The van der Waals surface area contributed by atoms with Crippen molar-refractivity contribution in [3.63, 3.8) is 0 Å². The van der Waals surface area contributed by atoms with Crippen LogP contribution in [0.3, 0.4) is 0 Å². The Kier molecular flexibility index (Phi) is 4.12. The SMILES string of the molecule is C=C(NCc1c(C(F)(F)F)n(C)n(C)c1=O)C(C)(C)C. The molecule has 1 rings (SSSR count). The maximum absolute atomic E-state index is 13.0. The Balaban J connectivity index is 3.17. The summed E-state index contributed by atoms with van der Waals surface area (Å²) in [6.45, 7) is 9.24. The Bertz CT molecular complexity index is 573. The Labute approximate surface area is 115 Å². The first-order valence-corrected chi connectivity index (χ1v) is 6.12. The highest BCUT2D eigenvalue weighted by Gasteiger charge is 2.39. The molecule has 0 aromatic carbocycles. The molecular weight excluding hydrogens is 271 g/mol. The van der Waals surface area contributed by atoms with Crippen molar-refractivity contribution in [2.75, 3.05) is 0 Å². The zero-order chi connectivity index (χ0) is 15.9. The smallest absolute Gasteiger partial charge is 0.384 e. The van der Waals surface area contributed by atoms with Gasteiger partial charge in [0.1, 0.15) is 5.69 Å². The molecule has 0 saturated heterocycles. The zero-order valence-electron chi connectivity index (χ0n) is 12.4. The third kappa shape index (κ3) is 3.08. The maximum Gasteiger partial charge on any atom is 0.433 e. The van der Waals surface area contributed by atoms with E-state index in [9.17, 15) is 18.0 Å². The van der Waals surface area contributed by atoms with Gasteiger partial charge in [0, 0.05) is 31.8 Å². The quantitative estimate of drug-likeness (QED) is 0.928. The van der Waals surface area contributed by atoms with Crippen LogP contribution in [0.25, 0.3) is 0 Å². The predicted octanol–water partition coefficient (Wildman–Crippen LogP) is 2.39. The molecular formula is C13H20F3N3O. The molecule has 0 aliphatic carbocycles. The third-order valence-electron chi connectivity index (χ3n) is 3.26. The second kappa shape index (κ2) is 5.03. The molecule has 0 aliphatic rings. The number of halogens is 3. The second-order valence-electron chi connectivity index (χ2n) is 5.76. The third-order valence-corrected chi connectivity index (χ3v) is 3.26. The highest BCUT2D eigenvalue weighted by molar-refractivity contribution is 5.22. The number of alkyl halides is 3. The largest absolute Gasteiger partial charge is 0.433 e. The van der Waals surface area contributed by atoms with Gasteiger partial charge in [-0.15, -0.1) is 0 Å². The molecule has 7 heteroatoms. The van der Waals surface area contributed by atoms with Crippen LogP contribution in [-0.4, -0.2) is 9.36 Å². The van der Waals surface area contributed by atoms with E-state index in [1.807, 2.05) is 20.8 Å². The van der Waals surface area contributed by atoms with Crippen molar-refractivity contribution in [3.8, 4) is 0 Å². The minimum absolute atomic E-state index is 0.196. The van der Waals surface area contributed by atoms with Gasteiger partial charge in [-0.2, -0.15) is 13.2 Å². The van der Waals surface area contributed by atoms with Crippen molar-refractivity contribution in [1.82, 2.24) is 14.7 Å². The minimum Gasteiger partial charge on any atom is -0.384 e. The summed E-state index contributed by atoms with van der Waals surface area (Å²) in [5, 5.41) is 2.81. The fourth-order valence-electron chi connectivity index (χ4n) is 1.75. The average molecular weight is 291 g/mol. The molecule has 20 heavy (non-hydrogen) atoms. The molecule has 0 atom stereocenters. The van der Waals surface area contributed by atoms with E-state index in [2.05, 4.69) is 11.9 Å². The summed E-state index contributed by atoms with van der Waals surface area (Å²) >= 11 is 0. The van der Waals surface area contributed by atoms with Crippen LogP contribution >= 0.6 is 0 Å². The second-order valence-corrected chi connectivity index (χ2v) is 5.76. The van der Waals surface area contributed by atoms with Gasteiger partial charge in [-0.05, 0) is 0 Å². The lowest BCUT2D eigenvalue weighted by Crippen LogP contribution is -2.27. The van der Waals surface area contributed by atoms with Crippen LogP contribution in [0, 0.1) is 5.41 Å².